The van der Waals surface area contributed by atoms with Gasteiger partial charge in [-0.2, -0.15) is 0 Å². The van der Waals surface area contributed by atoms with E-state index < -0.39 is 18.0 Å². The number of rotatable bonds is 5. The molecule has 1 heterocycles. The van der Waals surface area contributed by atoms with Crippen molar-refractivity contribution in [2.75, 3.05) is 0 Å². The number of nitrogens with one attached hydrogen (secondary N) is 1. The molecule has 0 radical (unpaired) electrons. The number of aromatic hydroxyl groups is 1. The number of phenolic OH excluding ortho intramolecular Hbond substituents is 1. The van der Waals surface area contributed by atoms with Gasteiger partial charge in [-0.15, -0.1) is 0 Å². The summed E-state index contributed by atoms with van der Waals surface area (Å²) >= 11 is 5.76. The molecule has 6 nitrogen and oxygen atoms in total. The second kappa shape index (κ2) is 7.00. The average molecular weight is 324 g/mol. The van der Waals surface area contributed by atoms with Crippen molar-refractivity contribution in [3.05, 3.63) is 52.9 Å². The smallest absolute Gasteiger partial charge is 0.342 e. The zero-order chi connectivity index (χ0) is 16.1. The van der Waals surface area contributed by atoms with Crippen molar-refractivity contribution in [1.82, 2.24) is 5.32 Å². The standard InChI is InChI=1S/C15H14ClNO5/c1-9(14(19)17-8-11-3-2-6-21-11)22-15(20)12-7-10(16)4-5-13(12)18/h2-7,9,18H,8H2,1H3,(H,17,19)/t9-/m1/s1. The molecular weight excluding hydrogens is 310 g/mol. The first kappa shape index (κ1) is 15.9. The highest BCUT2D eigenvalue weighted by Gasteiger charge is 2.21. The van der Waals surface area contributed by atoms with Gasteiger partial charge in [-0.25, -0.2) is 4.79 Å². The number of halogens is 1. The molecule has 0 bridgehead atoms. The van der Waals surface area contributed by atoms with Gasteiger partial charge in [0.15, 0.2) is 6.10 Å². The van der Waals surface area contributed by atoms with E-state index in [1.54, 1.807) is 12.1 Å². The Morgan fingerprint density at radius 1 is 1.41 bits per heavy atom. The van der Waals surface area contributed by atoms with Gasteiger partial charge in [0.25, 0.3) is 5.91 Å². The summed E-state index contributed by atoms with van der Waals surface area (Å²) in [6.07, 6.45) is 0.466. The molecule has 22 heavy (non-hydrogen) atoms. The second-order valence-corrected chi connectivity index (χ2v) is 4.94. The van der Waals surface area contributed by atoms with Gasteiger partial charge in [-0.3, -0.25) is 4.79 Å². The van der Waals surface area contributed by atoms with Crippen LogP contribution in [0.3, 0.4) is 0 Å². The van der Waals surface area contributed by atoms with E-state index in [0.29, 0.717) is 5.76 Å². The lowest BCUT2D eigenvalue weighted by Crippen LogP contribution is -2.35. The molecule has 1 aromatic heterocycles. The zero-order valence-electron chi connectivity index (χ0n) is 11.7. The summed E-state index contributed by atoms with van der Waals surface area (Å²) in [6.45, 7) is 1.62. The molecule has 2 aromatic rings. The monoisotopic (exact) mass is 323 g/mol. The summed E-state index contributed by atoms with van der Waals surface area (Å²) < 4.78 is 10.1. The van der Waals surface area contributed by atoms with Crippen molar-refractivity contribution in [3.8, 4) is 5.75 Å². The predicted octanol–water partition coefficient (Wildman–Crippen LogP) is 2.50. The molecule has 0 saturated heterocycles. The highest BCUT2D eigenvalue weighted by molar-refractivity contribution is 6.31. The first-order chi connectivity index (χ1) is 10.5. The third-order valence-corrected chi connectivity index (χ3v) is 3.08. The van der Waals surface area contributed by atoms with Gasteiger partial charge in [0.1, 0.15) is 17.1 Å². The van der Waals surface area contributed by atoms with Gasteiger partial charge in [-0.1, -0.05) is 11.6 Å². The van der Waals surface area contributed by atoms with E-state index in [0.717, 1.165) is 0 Å². The predicted molar refractivity (Wildman–Crippen MR) is 78.5 cm³/mol. The minimum atomic E-state index is -1.03. The largest absolute Gasteiger partial charge is 0.507 e. The molecule has 0 unspecified atom stereocenters. The third-order valence-electron chi connectivity index (χ3n) is 2.85. The number of carbonyl (C=O) groups excluding carboxylic acids is 2. The maximum Gasteiger partial charge on any atom is 0.342 e. The summed E-state index contributed by atoms with van der Waals surface area (Å²) in [5.41, 5.74) is -0.0989. The van der Waals surface area contributed by atoms with Crippen molar-refractivity contribution in [1.29, 1.82) is 0 Å². The van der Waals surface area contributed by atoms with Crippen LogP contribution in [0.2, 0.25) is 5.02 Å². The molecule has 0 saturated carbocycles. The summed E-state index contributed by atoms with van der Waals surface area (Å²) in [6, 6.07) is 7.40. The molecule has 1 aromatic carbocycles. The first-order valence-electron chi connectivity index (χ1n) is 6.47. The Hall–Kier alpha value is -2.47. The molecule has 7 heteroatoms. The Kier molecular flexibility index (Phi) is 5.06. The topological polar surface area (TPSA) is 88.8 Å². The Balaban J connectivity index is 1.92. The lowest BCUT2D eigenvalue weighted by Gasteiger charge is -2.13. The Morgan fingerprint density at radius 3 is 2.86 bits per heavy atom. The van der Waals surface area contributed by atoms with Crippen molar-refractivity contribution in [2.24, 2.45) is 0 Å². The fraction of sp³-hybridized carbons (Fsp3) is 0.200. The number of amides is 1. The molecule has 116 valence electrons. The van der Waals surface area contributed by atoms with Gasteiger partial charge in [0.2, 0.25) is 0 Å². The van der Waals surface area contributed by atoms with Crippen LogP contribution in [0.15, 0.2) is 41.0 Å². The molecule has 0 aliphatic carbocycles. The third kappa shape index (κ3) is 4.02. The number of carbonyl (C=O) groups is 2. The van der Waals surface area contributed by atoms with Gasteiger partial charge in [0.05, 0.1) is 12.8 Å². The second-order valence-electron chi connectivity index (χ2n) is 4.51. The summed E-state index contributed by atoms with van der Waals surface area (Å²) in [5, 5.41) is 12.5. The van der Waals surface area contributed by atoms with Crippen LogP contribution in [-0.2, 0) is 16.1 Å². The Labute approximate surface area is 131 Å². The van der Waals surface area contributed by atoms with Crippen LogP contribution in [0.1, 0.15) is 23.0 Å². The molecule has 0 spiro atoms. The minimum Gasteiger partial charge on any atom is -0.507 e. The first-order valence-corrected chi connectivity index (χ1v) is 6.84. The van der Waals surface area contributed by atoms with E-state index in [1.165, 1.54) is 31.4 Å². The van der Waals surface area contributed by atoms with Crippen molar-refractivity contribution in [2.45, 2.75) is 19.6 Å². The van der Waals surface area contributed by atoms with E-state index in [2.05, 4.69) is 5.32 Å². The number of ether oxygens (including phenoxy) is 1. The van der Waals surface area contributed by atoms with Gasteiger partial charge in [-0.05, 0) is 37.3 Å². The van der Waals surface area contributed by atoms with E-state index >= 15 is 0 Å². The molecule has 2 rings (SSSR count). The van der Waals surface area contributed by atoms with E-state index in [9.17, 15) is 14.7 Å². The van der Waals surface area contributed by atoms with Crippen LogP contribution in [0, 0.1) is 0 Å². The van der Waals surface area contributed by atoms with Crippen LogP contribution in [0.4, 0.5) is 0 Å². The van der Waals surface area contributed by atoms with E-state index in [-0.39, 0.29) is 22.9 Å². The minimum absolute atomic E-state index is 0.0989. The quantitative estimate of drug-likeness (QED) is 0.825. The van der Waals surface area contributed by atoms with Crippen LogP contribution in [0.5, 0.6) is 5.75 Å². The summed E-state index contributed by atoms with van der Waals surface area (Å²) in [4.78, 5) is 23.8. The summed E-state index contributed by atoms with van der Waals surface area (Å²) in [5.74, 6) is -0.996. The van der Waals surface area contributed by atoms with Gasteiger partial charge in [0, 0.05) is 5.02 Å². The van der Waals surface area contributed by atoms with Crippen molar-refractivity contribution in [3.63, 3.8) is 0 Å². The number of hydrogen-bond acceptors (Lipinski definition) is 5. The van der Waals surface area contributed by atoms with Crippen LogP contribution >= 0.6 is 11.6 Å². The molecule has 0 aliphatic heterocycles. The Morgan fingerprint density at radius 2 is 2.18 bits per heavy atom. The molecular formula is C15H14ClNO5. The van der Waals surface area contributed by atoms with Gasteiger partial charge >= 0.3 is 5.97 Å². The summed E-state index contributed by atoms with van der Waals surface area (Å²) in [7, 11) is 0. The molecule has 2 N–H and O–H groups in total. The van der Waals surface area contributed by atoms with Gasteiger partial charge < -0.3 is 19.6 Å². The van der Waals surface area contributed by atoms with Crippen LogP contribution in [-0.4, -0.2) is 23.1 Å². The fourth-order valence-corrected chi connectivity index (χ4v) is 1.85. The highest BCUT2D eigenvalue weighted by atomic mass is 35.5. The maximum atomic E-state index is 11.9. The van der Waals surface area contributed by atoms with Crippen LogP contribution < -0.4 is 5.32 Å². The molecule has 0 fully saturated rings. The maximum absolute atomic E-state index is 11.9. The molecule has 1 atom stereocenters. The normalized spacial score (nSPS) is 11.7. The number of hydrogen-bond donors (Lipinski definition) is 2. The van der Waals surface area contributed by atoms with E-state index in [4.69, 9.17) is 20.8 Å². The Bertz CT molecular complexity index is 669. The number of esters is 1. The zero-order valence-corrected chi connectivity index (χ0v) is 12.5. The average Bonchev–Trinajstić information content (AvgIpc) is 3.00. The highest BCUT2D eigenvalue weighted by Crippen LogP contribution is 2.22. The fourth-order valence-electron chi connectivity index (χ4n) is 1.68. The number of benzene rings is 1. The number of furan rings is 1. The number of phenols is 1. The van der Waals surface area contributed by atoms with E-state index in [1.807, 2.05) is 0 Å². The van der Waals surface area contributed by atoms with Crippen LogP contribution in [0.25, 0.3) is 0 Å². The van der Waals surface area contributed by atoms with Crippen molar-refractivity contribution < 1.29 is 23.8 Å². The molecule has 0 aliphatic rings. The lowest BCUT2D eigenvalue weighted by atomic mass is 10.2. The lowest BCUT2D eigenvalue weighted by molar-refractivity contribution is -0.129. The molecule has 1 amide bonds. The SMILES string of the molecule is C[C@@H](OC(=O)c1cc(Cl)ccc1O)C(=O)NCc1ccco1. The van der Waals surface area contributed by atoms with Crippen molar-refractivity contribution >= 4 is 23.5 Å².